The standard InChI is InChI=1S/C13H19F2N3O/c1-18(2)8-7-17-13(19)5-6-16-12-4-3-10(14)9-11(12)15/h3-4,9,16H,5-8H2,1-2H3,(H,17,19). The van der Waals surface area contributed by atoms with Gasteiger partial charge in [-0.1, -0.05) is 0 Å². The molecule has 0 heterocycles. The number of nitrogens with one attached hydrogen (secondary N) is 2. The topological polar surface area (TPSA) is 44.4 Å². The number of likely N-dealkylation sites (N-methyl/N-ethyl adjacent to an activating group) is 1. The minimum Gasteiger partial charge on any atom is -0.382 e. The van der Waals surface area contributed by atoms with Crippen molar-refractivity contribution >= 4 is 11.6 Å². The van der Waals surface area contributed by atoms with Crippen LogP contribution in [0.15, 0.2) is 18.2 Å². The molecule has 0 bridgehead atoms. The largest absolute Gasteiger partial charge is 0.382 e. The van der Waals surface area contributed by atoms with Crippen LogP contribution in [0.4, 0.5) is 14.5 Å². The highest BCUT2D eigenvalue weighted by atomic mass is 19.1. The van der Waals surface area contributed by atoms with Gasteiger partial charge in [-0.15, -0.1) is 0 Å². The second kappa shape index (κ2) is 7.68. The summed E-state index contributed by atoms with van der Waals surface area (Å²) in [7, 11) is 3.84. The summed E-state index contributed by atoms with van der Waals surface area (Å²) in [6.07, 6.45) is 0.240. The molecular formula is C13H19F2N3O. The van der Waals surface area contributed by atoms with E-state index in [1.807, 2.05) is 19.0 Å². The van der Waals surface area contributed by atoms with Gasteiger partial charge in [-0.05, 0) is 26.2 Å². The van der Waals surface area contributed by atoms with Crippen LogP contribution in [0.3, 0.4) is 0 Å². The highest BCUT2D eigenvalue weighted by Crippen LogP contribution is 2.14. The first-order chi connectivity index (χ1) is 8.99. The number of halogens is 2. The molecule has 0 saturated carbocycles. The van der Waals surface area contributed by atoms with Crippen molar-refractivity contribution in [2.45, 2.75) is 6.42 Å². The number of anilines is 1. The summed E-state index contributed by atoms with van der Waals surface area (Å²) in [4.78, 5) is 13.4. The molecule has 1 amide bonds. The van der Waals surface area contributed by atoms with E-state index in [9.17, 15) is 13.6 Å². The molecule has 0 aliphatic carbocycles. The summed E-state index contributed by atoms with van der Waals surface area (Å²) in [5, 5.41) is 5.51. The van der Waals surface area contributed by atoms with Gasteiger partial charge in [0, 0.05) is 32.1 Å². The third kappa shape index (κ3) is 6.15. The van der Waals surface area contributed by atoms with Gasteiger partial charge in [-0.2, -0.15) is 0 Å². The minimum absolute atomic E-state index is 0.100. The molecule has 4 nitrogen and oxygen atoms in total. The Bertz CT molecular complexity index is 424. The van der Waals surface area contributed by atoms with Gasteiger partial charge >= 0.3 is 0 Å². The molecule has 6 heteroatoms. The van der Waals surface area contributed by atoms with Crippen LogP contribution in [0.25, 0.3) is 0 Å². The molecular weight excluding hydrogens is 252 g/mol. The lowest BCUT2D eigenvalue weighted by Crippen LogP contribution is -2.32. The van der Waals surface area contributed by atoms with Crippen molar-refractivity contribution in [3.05, 3.63) is 29.8 Å². The van der Waals surface area contributed by atoms with Crippen molar-refractivity contribution < 1.29 is 13.6 Å². The number of carbonyl (C=O) groups is 1. The molecule has 0 saturated heterocycles. The van der Waals surface area contributed by atoms with Gasteiger partial charge in [0.2, 0.25) is 5.91 Å². The summed E-state index contributed by atoms with van der Waals surface area (Å²) in [5.74, 6) is -1.38. The second-order valence-corrected chi connectivity index (χ2v) is 4.45. The number of hydrogen-bond donors (Lipinski definition) is 2. The zero-order chi connectivity index (χ0) is 14.3. The molecule has 1 aromatic rings. The Morgan fingerprint density at radius 2 is 2.00 bits per heavy atom. The van der Waals surface area contributed by atoms with Crippen LogP contribution in [-0.4, -0.2) is 44.5 Å². The number of nitrogens with zero attached hydrogens (tertiary/aromatic N) is 1. The van der Waals surface area contributed by atoms with E-state index in [4.69, 9.17) is 0 Å². The van der Waals surface area contributed by atoms with E-state index in [1.54, 1.807) is 0 Å². The van der Waals surface area contributed by atoms with E-state index < -0.39 is 11.6 Å². The Morgan fingerprint density at radius 3 is 2.63 bits per heavy atom. The van der Waals surface area contributed by atoms with E-state index in [1.165, 1.54) is 12.1 Å². The monoisotopic (exact) mass is 271 g/mol. The van der Waals surface area contributed by atoms with Crippen molar-refractivity contribution in [3.8, 4) is 0 Å². The molecule has 0 radical (unpaired) electrons. The maximum atomic E-state index is 13.3. The molecule has 1 rings (SSSR count). The van der Waals surface area contributed by atoms with Crippen molar-refractivity contribution in [2.75, 3.05) is 39.0 Å². The fourth-order valence-electron chi connectivity index (χ4n) is 1.45. The van der Waals surface area contributed by atoms with Crippen LogP contribution in [-0.2, 0) is 4.79 Å². The van der Waals surface area contributed by atoms with E-state index in [-0.39, 0.29) is 18.0 Å². The number of amides is 1. The normalized spacial score (nSPS) is 10.6. The van der Waals surface area contributed by atoms with Crippen LogP contribution in [0.2, 0.25) is 0 Å². The van der Waals surface area contributed by atoms with Gasteiger partial charge in [0.25, 0.3) is 0 Å². The molecule has 0 aromatic heterocycles. The fraction of sp³-hybridized carbons (Fsp3) is 0.462. The van der Waals surface area contributed by atoms with Gasteiger partial charge in [-0.3, -0.25) is 4.79 Å². The number of hydrogen-bond acceptors (Lipinski definition) is 3. The Hall–Kier alpha value is -1.69. The van der Waals surface area contributed by atoms with Crippen LogP contribution in [0.1, 0.15) is 6.42 Å². The Labute approximate surface area is 111 Å². The Morgan fingerprint density at radius 1 is 1.26 bits per heavy atom. The van der Waals surface area contributed by atoms with E-state index >= 15 is 0 Å². The van der Waals surface area contributed by atoms with Gasteiger partial charge < -0.3 is 15.5 Å². The first-order valence-electron chi connectivity index (χ1n) is 6.09. The van der Waals surface area contributed by atoms with Crippen LogP contribution >= 0.6 is 0 Å². The highest BCUT2D eigenvalue weighted by molar-refractivity contribution is 5.76. The first-order valence-corrected chi connectivity index (χ1v) is 6.09. The summed E-state index contributed by atoms with van der Waals surface area (Å²) >= 11 is 0. The van der Waals surface area contributed by atoms with E-state index in [0.717, 1.165) is 12.6 Å². The van der Waals surface area contributed by atoms with E-state index in [0.29, 0.717) is 13.1 Å². The maximum Gasteiger partial charge on any atom is 0.221 e. The third-order valence-corrected chi connectivity index (χ3v) is 2.48. The Balaban J connectivity index is 2.24. The molecule has 0 spiro atoms. The molecule has 0 unspecified atom stereocenters. The average Bonchev–Trinajstić information content (AvgIpc) is 2.31. The molecule has 2 N–H and O–H groups in total. The lowest BCUT2D eigenvalue weighted by Gasteiger charge is -2.11. The van der Waals surface area contributed by atoms with Crippen LogP contribution < -0.4 is 10.6 Å². The minimum atomic E-state index is -0.659. The molecule has 1 aromatic carbocycles. The SMILES string of the molecule is CN(C)CCNC(=O)CCNc1ccc(F)cc1F. The van der Waals surface area contributed by atoms with Crippen molar-refractivity contribution in [3.63, 3.8) is 0 Å². The molecule has 106 valence electrons. The van der Waals surface area contributed by atoms with Crippen LogP contribution in [0.5, 0.6) is 0 Å². The maximum absolute atomic E-state index is 13.3. The highest BCUT2D eigenvalue weighted by Gasteiger charge is 2.04. The fourth-order valence-corrected chi connectivity index (χ4v) is 1.45. The van der Waals surface area contributed by atoms with Crippen molar-refractivity contribution in [1.82, 2.24) is 10.2 Å². The van der Waals surface area contributed by atoms with Crippen LogP contribution in [0, 0.1) is 11.6 Å². The van der Waals surface area contributed by atoms with Crippen molar-refractivity contribution in [2.24, 2.45) is 0 Å². The summed E-state index contributed by atoms with van der Waals surface area (Å²) in [6.45, 7) is 1.65. The van der Waals surface area contributed by atoms with Gasteiger partial charge in [0.05, 0.1) is 5.69 Å². The lowest BCUT2D eigenvalue weighted by molar-refractivity contribution is -0.120. The predicted octanol–water partition coefficient (Wildman–Crippen LogP) is 1.44. The number of carbonyl (C=O) groups excluding carboxylic acids is 1. The number of benzene rings is 1. The Kier molecular flexibility index (Phi) is 6.21. The quantitative estimate of drug-likeness (QED) is 0.789. The number of rotatable bonds is 7. The smallest absolute Gasteiger partial charge is 0.221 e. The third-order valence-electron chi connectivity index (χ3n) is 2.48. The van der Waals surface area contributed by atoms with Gasteiger partial charge in [0.15, 0.2) is 0 Å². The van der Waals surface area contributed by atoms with Gasteiger partial charge in [-0.25, -0.2) is 8.78 Å². The zero-order valence-corrected chi connectivity index (χ0v) is 11.2. The predicted molar refractivity (Wildman–Crippen MR) is 71.0 cm³/mol. The van der Waals surface area contributed by atoms with E-state index in [2.05, 4.69) is 10.6 Å². The lowest BCUT2D eigenvalue weighted by atomic mass is 10.3. The summed E-state index contributed by atoms with van der Waals surface area (Å²) in [5.41, 5.74) is 0.197. The molecule has 19 heavy (non-hydrogen) atoms. The van der Waals surface area contributed by atoms with Crippen molar-refractivity contribution in [1.29, 1.82) is 0 Å². The first kappa shape index (κ1) is 15.4. The van der Waals surface area contributed by atoms with Gasteiger partial charge in [0.1, 0.15) is 11.6 Å². The second-order valence-electron chi connectivity index (χ2n) is 4.45. The molecule has 0 aliphatic heterocycles. The average molecular weight is 271 g/mol. The molecule has 0 atom stereocenters. The summed E-state index contributed by atoms with van der Waals surface area (Å²) in [6, 6.07) is 3.29. The molecule has 0 fully saturated rings. The molecule has 0 aliphatic rings. The zero-order valence-electron chi connectivity index (χ0n) is 11.2. The summed E-state index contributed by atoms with van der Waals surface area (Å²) < 4.78 is 25.9.